The normalized spacial score (nSPS) is 19.8. The Morgan fingerprint density at radius 3 is 2.43 bits per heavy atom. The lowest BCUT2D eigenvalue weighted by molar-refractivity contribution is 0.0504. The van der Waals surface area contributed by atoms with E-state index in [1.807, 2.05) is 4.90 Å². The standard InChI is InChI=1S/C33H45F2N7O4/c1-20(2)29-39-31(46-40-29)41-12-9-22(10-13-41)21(3)11-14-44-24-16-36-30(37-17-24)42-18-26(25-8-7-23(34)15-27(25)35)28(19-42)38-32(43)45-33(4,5)6/h7-8,15-17,20-22,26,28H,9-14,18-19H2,1-6H3,(H,38,43). The third-order valence-corrected chi connectivity index (χ3v) is 8.69. The molecule has 3 atom stereocenters. The molecule has 46 heavy (non-hydrogen) atoms. The summed E-state index contributed by atoms with van der Waals surface area (Å²) in [5.74, 6) is 1.24. The van der Waals surface area contributed by atoms with Crippen LogP contribution in [0, 0.1) is 23.5 Å². The molecule has 0 radical (unpaired) electrons. The first kappa shape index (κ1) is 33.3. The summed E-state index contributed by atoms with van der Waals surface area (Å²) in [6.45, 7) is 14.7. The summed E-state index contributed by atoms with van der Waals surface area (Å²) in [6, 6.07) is 3.60. The van der Waals surface area contributed by atoms with E-state index < -0.39 is 35.3 Å². The number of aromatic nitrogens is 4. The zero-order valence-corrected chi connectivity index (χ0v) is 27.5. The second-order valence-corrected chi connectivity index (χ2v) is 13.7. The number of carbonyl (C=O) groups is 1. The van der Waals surface area contributed by atoms with Gasteiger partial charge in [-0.25, -0.2) is 23.5 Å². The lowest BCUT2D eigenvalue weighted by Gasteiger charge is -2.33. The maximum absolute atomic E-state index is 14.8. The zero-order chi connectivity index (χ0) is 33.0. The lowest BCUT2D eigenvalue weighted by Crippen LogP contribution is -2.43. The average molecular weight is 642 g/mol. The Morgan fingerprint density at radius 1 is 1.09 bits per heavy atom. The minimum atomic E-state index is -0.693. The van der Waals surface area contributed by atoms with E-state index in [1.165, 1.54) is 12.1 Å². The molecule has 2 aromatic heterocycles. The van der Waals surface area contributed by atoms with Gasteiger partial charge in [0.2, 0.25) is 5.95 Å². The van der Waals surface area contributed by atoms with E-state index in [4.69, 9.17) is 14.0 Å². The number of hydrogen-bond donors (Lipinski definition) is 1. The van der Waals surface area contributed by atoms with Crippen molar-refractivity contribution in [2.75, 3.05) is 42.6 Å². The van der Waals surface area contributed by atoms with E-state index in [9.17, 15) is 13.6 Å². The fourth-order valence-corrected chi connectivity index (χ4v) is 6.08. The number of benzene rings is 1. The van der Waals surface area contributed by atoms with Gasteiger partial charge in [-0.2, -0.15) is 4.98 Å². The van der Waals surface area contributed by atoms with E-state index in [0.717, 1.165) is 44.2 Å². The number of alkyl carbamates (subject to hydrolysis) is 1. The van der Waals surface area contributed by atoms with Crippen molar-refractivity contribution in [3.8, 4) is 5.75 Å². The van der Waals surface area contributed by atoms with Crippen molar-refractivity contribution in [2.24, 2.45) is 11.8 Å². The van der Waals surface area contributed by atoms with Crippen molar-refractivity contribution >= 4 is 18.1 Å². The number of anilines is 2. The van der Waals surface area contributed by atoms with Gasteiger partial charge < -0.3 is 29.1 Å². The SMILES string of the molecule is CC(C)c1noc(N2CCC(C(C)CCOc3cnc(N4CC(NC(=O)OC(C)(C)C)C(c5ccc(F)cc5F)C4)nc3)CC2)n1. The van der Waals surface area contributed by atoms with Crippen LogP contribution < -0.4 is 19.9 Å². The number of amides is 1. The molecule has 1 aromatic carbocycles. The fraction of sp³-hybridized carbons (Fsp3) is 0.606. The Labute approximate surface area is 269 Å². The van der Waals surface area contributed by atoms with Crippen LogP contribution in [0.1, 0.15) is 84.0 Å². The fourth-order valence-electron chi connectivity index (χ4n) is 6.08. The van der Waals surface area contributed by atoms with Crippen molar-refractivity contribution in [3.05, 3.63) is 53.6 Å². The van der Waals surface area contributed by atoms with Crippen molar-refractivity contribution in [1.82, 2.24) is 25.4 Å². The molecule has 2 aliphatic heterocycles. The average Bonchev–Trinajstić information content (AvgIpc) is 3.65. The van der Waals surface area contributed by atoms with E-state index >= 15 is 0 Å². The molecule has 4 heterocycles. The van der Waals surface area contributed by atoms with Gasteiger partial charge in [0.1, 0.15) is 17.2 Å². The Bertz CT molecular complexity index is 1450. The molecule has 0 saturated carbocycles. The molecule has 1 amide bonds. The van der Waals surface area contributed by atoms with E-state index in [0.29, 0.717) is 54.8 Å². The monoisotopic (exact) mass is 641 g/mol. The van der Waals surface area contributed by atoms with Crippen LogP contribution >= 0.6 is 0 Å². The van der Waals surface area contributed by atoms with Crippen LogP contribution in [0.15, 0.2) is 35.1 Å². The van der Waals surface area contributed by atoms with Crippen LogP contribution in [0.5, 0.6) is 5.75 Å². The highest BCUT2D eigenvalue weighted by molar-refractivity contribution is 5.68. The zero-order valence-electron chi connectivity index (χ0n) is 27.5. The molecule has 250 valence electrons. The van der Waals surface area contributed by atoms with Gasteiger partial charge in [-0.3, -0.25) is 0 Å². The van der Waals surface area contributed by atoms with E-state index in [1.54, 1.807) is 33.2 Å². The number of piperidine rings is 1. The summed E-state index contributed by atoms with van der Waals surface area (Å²) < 4.78 is 45.4. The van der Waals surface area contributed by atoms with Gasteiger partial charge in [0, 0.05) is 44.1 Å². The summed E-state index contributed by atoms with van der Waals surface area (Å²) in [5.41, 5.74) is -0.388. The van der Waals surface area contributed by atoms with Gasteiger partial charge in [-0.05, 0) is 63.5 Å². The highest BCUT2D eigenvalue weighted by atomic mass is 19.1. The first-order valence-electron chi connectivity index (χ1n) is 16.1. The Hall–Kier alpha value is -4.03. The van der Waals surface area contributed by atoms with Gasteiger partial charge in [0.05, 0.1) is 25.0 Å². The Morgan fingerprint density at radius 2 is 1.80 bits per heavy atom. The number of hydrogen-bond acceptors (Lipinski definition) is 10. The van der Waals surface area contributed by atoms with Crippen LogP contribution in [0.2, 0.25) is 0 Å². The quantitative estimate of drug-likeness (QED) is 0.279. The maximum Gasteiger partial charge on any atom is 0.407 e. The summed E-state index contributed by atoms with van der Waals surface area (Å²) >= 11 is 0. The molecule has 3 unspecified atom stereocenters. The van der Waals surface area contributed by atoms with Crippen molar-refractivity contribution in [2.45, 2.75) is 84.3 Å². The molecule has 2 saturated heterocycles. The largest absolute Gasteiger partial charge is 0.490 e. The predicted octanol–water partition coefficient (Wildman–Crippen LogP) is 6.08. The van der Waals surface area contributed by atoms with Gasteiger partial charge in [0.25, 0.3) is 0 Å². The number of ether oxygens (including phenoxy) is 2. The van der Waals surface area contributed by atoms with Crippen molar-refractivity contribution < 1.29 is 27.6 Å². The summed E-state index contributed by atoms with van der Waals surface area (Å²) in [7, 11) is 0. The first-order chi connectivity index (χ1) is 21.9. The lowest BCUT2D eigenvalue weighted by atomic mass is 9.84. The molecule has 2 fully saturated rings. The predicted molar refractivity (Wildman–Crippen MR) is 169 cm³/mol. The Balaban J connectivity index is 1.13. The number of carbonyl (C=O) groups excluding carboxylic acids is 1. The molecule has 5 rings (SSSR count). The number of nitrogens with zero attached hydrogens (tertiary/aromatic N) is 6. The molecule has 0 spiro atoms. The highest BCUT2D eigenvalue weighted by Gasteiger charge is 2.38. The van der Waals surface area contributed by atoms with Gasteiger partial charge in [-0.15, -0.1) is 0 Å². The van der Waals surface area contributed by atoms with Crippen LogP contribution in [0.25, 0.3) is 0 Å². The Kier molecular flexibility index (Phi) is 10.3. The first-order valence-corrected chi connectivity index (χ1v) is 16.1. The molecular weight excluding hydrogens is 596 g/mol. The van der Waals surface area contributed by atoms with Gasteiger partial charge >= 0.3 is 12.1 Å². The third-order valence-electron chi connectivity index (χ3n) is 8.69. The number of halogens is 2. The smallest absolute Gasteiger partial charge is 0.407 e. The number of rotatable bonds is 10. The molecule has 0 bridgehead atoms. The van der Waals surface area contributed by atoms with Crippen molar-refractivity contribution in [3.63, 3.8) is 0 Å². The minimum absolute atomic E-state index is 0.239. The molecule has 3 aromatic rings. The minimum Gasteiger partial charge on any atom is -0.490 e. The topological polar surface area (TPSA) is 119 Å². The van der Waals surface area contributed by atoms with E-state index in [2.05, 4.69) is 51.1 Å². The second kappa shape index (κ2) is 14.2. The molecule has 0 aliphatic carbocycles. The van der Waals surface area contributed by atoms with Crippen LogP contribution in [-0.4, -0.2) is 70.6 Å². The number of nitrogens with one attached hydrogen (secondary N) is 1. The third kappa shape index (κ3) is 8.41. The second-order valence-electron chi connectivity index (χ2n) is 13.7. The van der Waals surface area contributed by atoms with Crippen LogP contribution in [-0.2, 0) is 4.74 Å². The van der Waals surface area contributed by atoms with Crippen molar-refractivity contribution in [1.29, 1.82) is 0 Å². The highest BCUT2D eigenvalue weighted by Crippen LogP contribution is 2.33. The summed E-state index contributed by atoms with van der Waals surface area (Å²) in [4.78, 5) is 30.2. The molecular formula is C33H45F2N7O4. The molecule has 13 heteroatoms. The van der Waals surface area contributed by atoms with E-state index in [-0.39, 0.29) is 5.92 Å². The summed E-state index contributed by atoms with van der Waals surface area (Å²) in [5, 5.41) is 6.95. The molecule has 11 nitrogen and oxygen atoms in total. The van der Waals surface area contributed by atoms with Gasteiger partial charge in [0.15, 0.2) is 11.6 Å². The van der Waals surface area contributed by atoms with Crippen LogP contribution in [0.4, 0.5) is 25.5 Å². The molecule has 2 aliphatic rings. The molecule has 1 N–H and O–H groups in total. The summed E-state index contributed by atoms with van der Waals surface area (Å²) in [6.07, 6.45) is 5.66. The maximum atomic E-state index is 14.8. The van der Waals surface area contributed by atoms with Crippen LogP contribution in [0.3, 0.4) is 0 Å². The van der Waals surface area contributed by atoms with Gasteiger partial charge in [-0.1, -0.05) is 32.0 Å².